The van der Waals surface area contributed by atoms with E-state index < -0.39 is 0 Å². The second-order valence-electron chi connectivity index (χ2n) is 8.66. The largest absolute Gasteiger partial charge is 0.396 e. The Balaban J connectivity index is 1.42. The van der Waals surface area contributed by atoms with Crippen LogP contribution >= 0.6 is 0 Å². The lowest BCUT2D eigenvalue weighted by atomic mass is 9.88. The summed E-state index contributed by atoms with van der Waals surface area (Å²) in [5.74, 6) is 2.04. The van der Waals surface area contributed by atoms with Crippen molar-refractivity contribution in [2.24, 2.45) is 5.92 Å². The predicted octanol–water partition coefficient (Wildman–Crippen LogP) is 3.51. The summed E-state index contributed by atoms with van der Waals surface area (Å²) in [7, 11) is 0. The van der Waals surface area contributed by atoms with Gasteiger partial charge in [-0.05, 0) is 44.2 Å². The lowest BCUT2D eigenvalue weighted by Gasteiger charge is -2.43. The highest BCUT2D eigenvalue weighted by Crippen LogP contribution is 2.27. The third kappa shape index (κ3) is 4.42. The first-order chi connectivity index (χ1) is 13.8. The molecule has 1 aromatic heterocycles. The van der Waals surface area contributed by atoms with Crippen LogP contribution in [-0.4, -0.2) is 63.3 Å². The number of piperazine rings is 1. The van der Waals surface area contributed by atoms with Crippen molar-refractivity contribution < 1.29 is 5.11 Å². The molecule has 0 unspecified atom stereocenters. The van der Waals surface area contributed by atoms with Crippen LogP contribution in [0.1, 0.15) is 51.3 Å². The molecule has 1 saturated carbocycles. The highest BCUT2D eigenvalue weighted by atomic mass is 16.3. The van der Waals surface area contributed by atoms with Gasteiger partial charge in [0.05, 0.1) is 17.6 Å². The van der Waals surface area contributed by atoms with Gasteiger partial charge in [0.15, 0.2) is 0 Å². The maximum absolute atomic E-state index is 9.63. The zero-order chi connectivity index (χ0) is 19.3. The highest BCUT2D eigenvalue weighted by molar-refractivity contribution is 5.75. The molecule has 28 heavy (non-hydrogen) atoms. The number of rotatable bonds is 7. The van der Waals surface area contributed by atoms with Gasteiger partial charge in [-0.3, -0.25) is 9.80 Å². The molecular formula is C23H36N4O. The molecule has 1 saturated heterocycles. The summed E-state index contributed by atoms with van der Waals surface area (Å²) < 4.78 is 2.35. The van der Waals surface area contributed by atoms with Gasteiger partial charge in [-0.1, -0.05) is 31.4 Å². The zero-order valence-electron chi connectivity index (χ0n) is 17.4. The van der Waals surface area contributed by atoms with Crippen molar-refractivity contribution in [2.75, 3.05) is 32.8 Å². The smallest absolute Gasteiger partial charge is 0.124 e. The number of imidazole rings is 1. The second-order valence-corrected chi connectivity index (χ2v) is 8.66. The molecule has 4 rings (SSSR count). The van der Waals surface area contributed by atoms with Crippen molar-refractivity contribution >= 4 is 11.0 Å². The van der Waals surface area contributed by atoms with Crippen LogP contribution in [0, 0.1) is 5.92 Å². The average molecular weight is 385 g/mol. The van der Waals surface area contributed by atoms with E-state index in [2.05, 4.69) is 45.6 Å². The van der Waals surface area contributed by atoms with Crippen LogP contribution in [0.15, 0.2) is 24.3 Å². The van der Waals surface area contributed by atoms with Gasteiger partial charge in [0, 0.05) is 45.4 Å². The van der Waals surface area contributed by atoms with Crippen LogP contribution in [0.25, 0.3) is 11.0 Å². The number of nitrogens with zero attached hydrogens (tertiary/aromatic N) is 4. The summed E-state index contributed by atoms with van der Waals surface area (Å²) in [4.78, 5) is 10.1. The molecule has 2 aliphatic rings. The average Bonchev–Trinajstić information content (AvgIpc) is 3.08. The van der Waals surface area contributed by atoms with E-state index in [0.29, 0.717) is 6.04 Å². The lowest BCUT2D eigenvalue weighted by molar-refractivity contribution is 0.0386. The van der Waals surface area contributed by atoms with Gasteiger partial charge in [-0.25, -0.2) is 4.98 Å². The Morgan fingerprint density at radius 2 is 1.93 bits per heavy atom. The van der Waals surface area contributed by atoms with Gasteiger partial charge in [0.2, 0.25) is 0 Å². The standard InChI is InChI=1S/C23H36N4O/c1-2-27-22-11-7-6-10-21(22)24-23(27)18-25-13-14-26(20(17-25)12-15-28)16-19-8-4-3-5-9-19/h6-7,10-11,19-20,28H,2-5,8-9,12-18H2,1H3/t20-/m1/s1. The number of para-hydroxylation sites is 2. The zero-order valence-corrected chi connectivity index (χ0v) is 17.4. The van der Waals surface area contributed by atoms with Gasteiger partial charge in [-0.2, -0.15) is 0 Å². The monoisotopic (exact) mass is 384 g/mol. The van der Waals surface area contributed by atoms with Gasteiger partial charge in [0.1, 0.15) is 5.82 Å². The number of aromatic nitrogens is 2. The van der Waals surface area contributed by atoms with Crippen LogP contribution in [-0.2, 0) is 13.1 Å². The van der Waals surface area contributed by atoms with E-state index in [1.807, 2.05) is 0 Å². The van der Waals surface area contributed by atoms with Gasteiger partial charge < -0.3 is 9.67 Å². The SMILES string of the molecule is CCn1c(CN2CCN(CC3CCCCC3)[C@H](CCO)C2)nc2ccccc21. The first-order valence-corrected chi connectivity index (χ1v) is 11.3. The minimum absolute atomic E-state index is 0.285. The fourth-order valence-electron chi connectivity index (χ4n) is 5.26. The van der Waals surface area contributed by atoms with E-state index in [1.54, 1.807) is 0 Å². The third-order valence-corrected chi connectivity index (χ3v) is 6.78. The first kappa shape index (κ1) is 19.9. The maximum Gasteiger partial charge on any atom is 0.124 e. The molecule has 5 heteroatoms. The minimum Gasteiger partial charge on any atom is -0.396 e. The van der Waals surface area contributed by atoms with E-state index in [9.17, 15) is 5.11 Å². The molecule has 0 spiro atoms. The number of aliphatic hydroxyl groups excluding tert-OH is 1. The summed E-state index contributed by atoms with van der Waals surface area (Å²) in [6.45, 7) is 8.84. The molecule has 0 amide bonds. The van der Waals surface area contributed by atoms with E-state index in [4.69, 9.17) is 4.98 Å². The number of aliphatic hydroxyl groups is 1. The molecule has 1 aromatic carbocycles. The number of hydrogen-bond acceptors (Lipinski definition) is 4. The van der Waals surface area contributed by atoms with Crippen LogP contribution in [0.5, 0.6) is 0 Å². The Bertz CT molecular complexity index is 752. The Morgan fingerprint density at radius 1 is 1.11 bits per heavy atom. The highest BCUT2D eigenvalue weighted by Gasteiger charge is 2.29. The lowest BCUT2D eigenvalue weighted by Crippen LogP contribution is -2.54. The van der Waals surface area contributed by atoms with E-state index in [0.717, 1.165) is 50.6 Å². The van der Waals surface area contributed by atoms with Crippen molar-refractivity contribution in [3.63, 3.8) is 0 Å². The molecule has 1 aliphatic carbocycles. The quantitative estimate of drug-likeness (QED) is 0.793. The minimum atomic E-state index is 0.285. The van der Waals surface area contributed by atoms with Crippen LogP contribution in [0.4, 0.5) is 0 Å². The van der Waals surface area contributed by atoms with E-state index in [1.165, 1.54) is 50.0 Å². The molecule has 154 valence electrons. The summed E-state index contributed by atoms with van der Waals surface area (Å²) >= 11 is 0. The molecule has 1 N–H and O–H groups in total. The van der Waals surface area contributed by atoms with Crippen molar-refractivity contribution in [3.05, 3.63) is 30.1 Å². The van der Waals surface area contributed by atoms with Gasteiger partial charge >= 0.3 is 0 Å². The molecule has 5 nitrogen and oxygen atoms in total. The van der Waals surface area contributed by atoms with Crippen LogP contribution in [0.2, 0.25) is 0 Å². The maximum atomic E-state index is 9.63. The molecule has 0 radical (unpaired) electrons. The number of hydrogen-bond donors (Lipinski definition) is 1. The van der Waals surface area contributed by atoms with E-state index >= 15 is 0 Å². The summed E-state index contributed by atoms with van der Waals surface area (Å²) in [5.41, 5.74) is 2.34. The van der Waals surface area contributed by atoms with Crippen molar-refractivity contribution in [2.45, 2.75) is 64.6 Å². The van der Waals surface area contributed by atoms with Crippen LogP contribution in [0.3, 0.4) is 0 Å². The number of aryl methyl sites for hydroxylation is 1. The fourth-order valence-corrected chi connectivity index (χ4v) is 5.26. The van der Waals surface area contributed by atoms with Crippen LogP contribution < -0.4 is 0 Å². The Labute approximate surface area is 169 Å². The Morgan fingerprint density at radius 3 is 2.71 bits per heavy atom. The predicted molar refractivity (Wildman–Crippen MR) is 114 cm³/mol. The summed E-state index contributed by atoms with van der Waals surface area (Å²) in [5, 5.41) is 9.63. The molecule has 2 heterocycles. The Kier molecular flexibility index (Phi) is 6.65. The van der Waals surface area contributed by atoms with Crippen molar-refractivity contribution in [1.82, 2.24) is 19.4 Å². The van der Waals surface area contributed by atoms with Gasteiger partial charge in [-0.15, -0.1) is 0 Å². The topological polar surface area (TPSA) is 44.5 Å². The Hall–Kier alpha value is -1.43. The third-order valence-electron chi connectivity index (χ3n) is 6.78. The first-order valence-electron chi connectivity index (χ1n) is 11.3. The van der Waals surface area contributed by atoms with Crippen molar-refractivity contribution in [1.29, 1.82) is 0 Å². The molecule has 1 atom stereocenters. The van der Waals surface area contributed by atoms with Crippen molar-refractivity contribution in [3.8, 4) is 0 Å². The van der Waals surface area contributed by atoms with E-state index in [-0.39, 0.29) is 6.61 Å². The fraction of sp³-hybridized carbons (Fsp3) is 0.696. The summed E-state index contributed by atoms with van der Waals surface area (Å²) in [6.07, 6.45) is 7.90. The number of benzene rings is 1. The molecule has 0 bridgehead atoms. The molecule has 2 fully saturated rings. The molecular weight excluding hydrogens is 348 g/mol. The molecule has 1 aliphatic heterocycles. The van der Waals surface area contributed by atoms with Gasteiger partial charge in [0.25, 0.3) is 0 Å². The normalized spacial score (nSPS) is 22.9. The second kappa shape index (κ2) is 9.38. The summed E-state index contributed by atoms with van der Waals surface area (Å²) in [6, 6.07) is 8.93. The number of fused-ring (bicyclic) bond motifs is 1. The molecule has 2 aromatic rings.